The van der Waals surface area contributed by atoms with Gasteiger partial charge in [-0.05, 0) is 61.9 Å². The molecule has 0 aliphatic carbocycles. The number of fused-ring (bicyclic) bond motifs is 1. The number of hydrogen-bond acceptors (Lipinski definition) is 4. The summed E-state index contributed by atoms with van der Waals surface area (Å²) >= 11 is 1.62. The monoisotopic (exact) mass is 444 g/mol. The molecule has 0 atom stereocenters. The first kappa shape index (κ1) is 21.4. The van der Waals surface area contributed by atoms with E-state index in [1.54, 1.807) is 28.2 Å². The van der Waals surface area contributed by atoms with E-state index in [-0.39, 0.29) is 5.91 Å². The van der Waals surface area contributed by atoms with Crippen LogP contribution in [0.2, 0.25) is 0 Å². The smallest absolute Gasteiger partial charge is 0.243 e. The quantitative estimate of drug-likeness (QED) is 0.676. The lowest BCUT2D eigenvalue weighted by atomic mass is 10.0. The highest BCUT2D eigenvalue weighted by atomic mass is 32.2. The molecule has 0 unspecified atom stereocenters. The van der Waals surface area contributed by atoms with Crippen LogP contribution in [-0.4, -0.2) is 44.0 Å². The van der Waals surface area contributed by atoms with E-state index >= 15 is 0 Å². The molecular weight excluding hydrogens is 416 g/mol. The molecule has 2 aliphatic heterocycles. The molecule has 5 nitrogen and oxygen atoms in total. The average Bonchev–Trinajstić information content (AvgIpc) is 3.30. The number of carbonyl (C=O) groups is 1. The summed E-state index contributed by atoms with van der Waals surface area (Å²) in [6.45, 7) is 3.95. The van der Waals surface area contributed by atoms with Crippen molar-refractivity contribution in [3.8, 4) is 0 Å². The summed E-state index contributed by atoms with van der Waals surface area (Å²) in [4.78, 5) is 15.1. The number of nitrogens with zero attached hydrogens (tertiary/aromatic N) is 2. The Labute approximate surface area is 183 Å². The number of thioether (sulfide) groups is 1. The van der Waals surface area contributed by atoms with Gasteiger partial charge in [-0.3, -0.25) is 4.79 Å². The fourth-order valence-electron chi connectivity index (χ4n) is 4.09. The Bertz CT molecular complexity index is 1010. The van der Waals surface area contributed by atoms with Crippen molar-refractivity contribution >= 4 is 33.4 Å². The van der Waals surface area contributed by atoms with E-state index in [2.05, 4.69) is 31.2 Å². The van der Waals surface area contributed by atoms with Gasteiger partial charge in [0.2, 0.25) is 15.9 Å². The van der Waals surface area contributed by atoms with Crippen molar-refractivity contribution in [3.05, 3.63) is 59.2 Å². The molecule has 2 aromatic carbocycles. The van der Waals surface area contributed by atoms with Crippen LogP contribution in [0.5, 0.6) is 0 Å². The topological polar surface area (TPSA) is 57.7 Å². The maximum absolute atomic E-state index is 12.9. The second kappa shape index (κ2) is 9.12. The molecule has 0 N–H and O–H groups in total. The van der Waals surface area contributed by atoms with Gasteiger partial charge in [0.05, 0.1) is 10.6 Å². The highest BCUT2D eigenvalue weighted by Crippen LogP contribution is 2.32. The number of benzene rings is 2. The molecule has 1 saturated heterocycles. The summed E-state index contributed by atoms with van der Waals surface area (Å²) in [5.41, 5.74) is 4.27. The third-order valence-electron chi connectivity index (χ3n) is 5.79. The molecule has 0 spiro atoms. The lowest BCUT2D eigenvalue weighted by molar-refractivity contribution is -0.116. The zero-order valence-electron chi connectivity index (χ0n) is 17.3. The molecule has 1 amide bonds. The zero-order valence-corrected chi connectivity index (χ0v) is 19.0. The molecular formula is C23H28N2O3S2. The normalized spacial score (nSPS) is 17.2. The molecule has 160 valence electrons. The molecule has 0 aromatic heterocycles. The van der Waals surface area contributed by atoms with Gasteiger partial charge in [-0.2, -0.15) is 4.31 Å². The number of aryl methyl sites for hydroxylation is 2. The summed E-state index contributed by atoms with van der Waals surface area (Å²) in [5, 5.41) is 0. The van der Waals surface area contributed by atoms with Crippen molar-refractivity contribution in [2.24, 2.45) is 0 Å². The van der Waals surface area contributed by atoms with Crippen molar-refractivity contribution < 1.29 is 13.2 Å². The van der Waals surface area contributed by atoms with Gasteiger partial charge in [-0.1, -0.05) is 29.8 Å². The first-order chi connectivity index (χ1) is 14.4. The molecule has 2 aromatic rings. The molecule has 2 aliphatic rings. The number of hydrogen-bond donors (Lipinski definition) is 0. The Morgan fingerprint density at radius 3 is 2.47 bits per heavy atom. The van der Waals surface area contributed by atoms with E-state index in [1.807, 2.05) is 11.0 Å². The van der Waals surface area contributed by atoms with Crippen LogP contribution in [0, 0.1) is 6.92 Å². The molecule has 1 fully saturated rings. The van der Waals surface area contributed by atoms with Gasteiger partial charge in [-0.15, -0.1) is 11.8 Å². The van der Waals surface area contributed by atoms with E-state index in [1.165, 1.54) is 11.1 Å². The minimum absolute atomic E-state index is 0.0863. The average molecular weight is 445 g/mol. The Kier molecular flexibility index (Phi) is 6.51. The van der Waals surface area contributed by atoms with Crippen molar-refractivity contribution in [1.82, 2.24) is 4.31 Å². The lowest BCUT2D eigenvalue weighted by Crippen LogP contribution is -2.37. The first-order valence-corrected chi connectivity index (χ1v) is 13.1. The van der Waals surface area contributed by atoms with Crippen LogP contribution in [0.4, 0.5) is 5.69 Å². The minimum atomic E-state index is -3.43. The van der Waals surface area contributed by atoms with Crippen LogP contribution in [0.25, 0.3) is 0 Å². The summed E-state index contributed by atoms with van der Waals surface area (Å²) in [6.07, 6.45) is 3.51. The van der Waals surface area contributed by atoms with Crippen LogP contribution in [0.1, 0.15) is 36.0 Å². The largest absolute Gasteiger partial charge is 0.311 e. The second-order valence-corrected chi connectivity index (χ2v) is 11.0. The molecule has 30 heavy (non-hydrogen) atoms. The van der Waals surface area contributed by atoms with Gasteiger partial charge in [-0.25, -0.2) is 8.42 Å². The van der Waals surface area contributed by atoms with Gasteiger partial charge < -0.3 is 4.90 Å². The number of amides is 1. The summed E-state index contributed by atoms with van der Waals surface area (Å²) in [5.74, 6) is 1.31. The highest BCUT2D eigenvalue weighted by Gasteiger charge is 2.29. The Balaban J connectivity index is 1.44. The number of anilines is 1. The number of carbonyl (C=O) groups excluding carboxylic acids is 1. The second-order valence-electron chi connectivity index (χ2n) is 8.03. The molecule has 4 rings (SSSR count). The summed E-state index contributed by atoms with van der Waals surface area (Å²) < 4.78 is 27.3. The summed E-state index contributed by atoms with van der Waals surface area (Å²) in [7, 11) is -3.43. The maximum Gasteiger partial charge on any atom is 0.243 e. The number of sulfonamides is 1. The predicted octanol–water partition coefficient (Wildman–Crippen LogP) is 3.99. The number of rotatable bonds is 6. The predicted molar refractivity (Wildman–Crippen MR) is 122 cm³/mol. The van der Waals surface area contributed by atoms with Gasteiger partial charge in [0.15, 0.2) is 0 Å². The van der Waals surface area contributed by atoms with Crippen molar-refractivity contribution in [2.75, 3.05) is 30.3 Å². The first-order valence-electron chi connectivity index (χ1n) is 10.5. The minimum Gasteiger partial charge on any atom is -0.311 e. The van der Waals surface area contributed by atoms with E-state index in [4.69, 9.17) is 0 Å². The maximum atomic E-state index is 12.9. The Morgan fingerprint density at radius 2 is 1.73 bits per heavy atom. The van der Waals surface area contributed by atoms with Gasteiger partial charge in [0.25, 0.3) is 0 Å². The van der Waals surface area contributed by atoms with E-state index < -0.39 is 10.0 Å². The van der Waals surface area contributed by atoms with Crippen LogP contribution in [0.3, 0.4) is 0 Å². The van der Waals surface area contributed by atoms with Crippen molar-refractivity contribution in [3.63, 3.8) is 0 Å². The third-order valence-corrected chi connectivity index (χ3v) is 8.67. The molecule has 0 radical (unpaired) electrons. The Morgan fingerprint density at radius 1 is 1.00 bits per heavy atom. The van der Waals surface area contributed by atoms with Crippen LogP contribution in [-0.2, 0) is 27.0 Å². The summed E-state index contributed by atoms with van der Waals surface area (Å²) in [6, 6.07) is 13.6. The van der Waals surface area contributed by atoms with Crippen LogP contribution < -0.4 is 4.90 Å². The Hall–Kier alpha value is -1.83. The van der Waals surface area contributed by atoms with Crippen molar-refractivity contribution in [1.29, 1.82) is 0 Å². The van der Waals surface area contributed by atoms with Gasteiger partial charge in [0.1, 0.15) is 0 Å². The van der Waals surface area contributed by atoms with Crippen LogP contribution >= 0.6 is 11.8 Å². The lowest BCUT2D eigenvalue weighted by Gasteiger charge is -2.30. The third kappa shape index (κ3) is 4.58. The fraction of sp³-hybridized carbons (Fsp3) is 0.435. The van der Waals surface area contributed by atoms with E-state index in [0.29, 0.717) is 30.3 Å². The molecule has 2 heterocycles. The molecule has 0 saturated carbocycles. The SMILES string of the molecule is Cc1ccc(CSCC(=O)N2CCCc3cc(S(=O)(=O)N4CCCC4)ccc32)cc1. The highest BCUT2D eigenvalue weighted by molar-refractivity contribution is 7.99. The fourth-order valence-corrected chi connectivity index (χ4v) is 6.52. The molecule has 0 bridgehead atoms. The van der Waals surface area contributed by atoms with E-state index in [0.717, 1.165) is 42.7 Å². The van der Waals surface area contributed by atoms with Gasteiger partial charge in [0, 0.05) is 31.1 Å². The van der Waals surface area contributed by atoms with Gasteiger partial charge >= 0.3 is 0 Å². The zero-order chi connectivity index (χ0) is 21.1. The standard InChI is InChI=1S/C23H28N2O3S2/c1-18-6-8-19(9-7-18)16-29-17-23(26)25-14-4-5-20-15-21(10-11-22(20)25)30(27,28)24-12-2-3-13-24/h6-11,15H,2-5,12-14,16-17H2,1H3. The van der Waals surface area contributed by atoms with E-state index in [9.17, 15) is 13.2 Å². The van der Waals surface area contributed by atoms with Crippen molar-refractivity contribution in [2.45, 2.75) is 43.3 Å². The molecule has 7 heteroatoms. The van der Waals surface area contributed by atoms with Crippen LogP contribution in [0.15, 0.2) is 47.4 Å².